The van der Waals surface area contributed by atoms with Gasteiger partial charge in [-0.25, -0.2) is 14.2 Å². The maximum absolute atomic E-state index is 15.9. The summed E-state index contributed by atoms with van der Waals surface area (Å²) < 4.78 is 15.9. The zero-order valence-corrected chi connectivity index (χ0v) is 20.2. The number of benzene rings is 3. The molecule has 0 bridgehead atoms. The third-order valence-corrected chi connectivity index (χ3v) is 5.54. The highest BCUT2D eigenvalue weighted by Crippen LogP contribution is 2.30. The third-order valence-electron chi connectivity index (χ3n) is 5.54. The van der Waals surface area contributed by atoms with E-state index in [0.717, 1.165) is 0 Å². The van der Waals surface area contributed by atoms with E-state index in [1.54, 1.807) is 36.4 Å². The zero-order chi connectivity index (χ0) is 26.5. The van der Waals surface area contributed by atoms with Crippen molar-refractivity contribution in [2.75, 3.05) is 16.8 Å². The zero-order valence-electron chi connectivity index (χ0n) is 20.2. The van der Waals surface area contributed by atoms with Crippen molar-refractivity contribution in [3.63, 3.8) is 0 Å². The summed E-state index contributed by atoms with van der Waals surface area (Å²) in [4.78, 5) is 45.0. The van der Waals surface area contributed by atoms with Crippen LogP contribution in [0.2, 0.25) is 0 Å². The Morgan fingerprint density at radius 1 is 1.00 bits per heavy atom. The highest BCUT2D eigenvalue weighted by atomic mass is 19.1. The second-order valence-corrected chi connectivity index (χ2v) is 8.79. The van der Waals surface area contributed by atoms with E-state index in [-0.39, 0.29) is 40.2 Å². The van der Waals surface area contributed by atoms with Gasteiger partial charge in [-0.2, -0.15) is 0 Å². The van der Waals surface area contributed by atoms with Crippen LogP contribution in [0.3, 0.4) is 0 Å². The van der Waals surface area contributed by atoms with Crippen molar-refractivity contribution in [2.45, 2.75) is 13.8 Å². The number of aromatic nitrogens is 2. The Labute approximate surface area is 212 Å². The first-order valence-corrected chi connectivity index (χ1v) is 11.6. The molecule has 188 valence electrons. The summed E-state index contributed by atoms with van der Waals surface area (Å²) in [5.41, 5.74) is 0.792. The number of hydrogen-bond acceptors (Lipinski definition) is 5. The van der Waals surface area contributed by atoms with Gasteiger partial charge in [0, 0.05) is 29.6 Å². The van der Waals surface area contributed by atoms with Crippen LogP contribution in [0.25, 0.3) is 11.3 Å². The van der Waals surface area contributed by atoms with Crippen molar-refractivity contribution in [1.29, 1.82) is 0 Å². The second-order valence-electron chi connectivity index (χ2n) is 8.79. The van der Waals surface area contributed by atoms with Crippen LogP contribution in [-0.2, 0) is 0 Å². The first-order chi connectivity index (χ1) is 17.7. The predicted molar refractivity (Wildman–Crippen MR) is 140 cm³/mol. The molecule has 3 aromatic carbocycles. The molecule has 1 amide bonds. The number of carbonyl (C=O) groups excluding carboxylic acids is 1. The van der Waals surface area contributed by atoms with Gasteiger partial charge in [-0.3, -0.25) is 9.59 Å². The van der Waals surface area contributed by atoms with Crippen molar-refractivity contribution in [3.8, 4) is 11.3 Å². The molecular weight excluding hydrogens is 475 g/mol. The van der Waals surface area contributed by atoms with Gasteiger partial charge >= 0.3 is 5.97 Å². The van der Waals surface area contributed by atoms with Crippen LogP contribution in [0.1, 0.15) is 34.6 Å². The van der Waals surface area contributed by atoms with Gasteiger partial charge in [0.1, 0.15) is 0 Å². The highest BCUT2D eigenvalue weighted by molar-refractivity contribution is 6.06. The maximum Gasteiger partial charge on any atom is 0.335 e. The molecule has 0 radical (unpaired) electrons. The number of carbonyl (C=O) groups is 2. The summed E-state index contributed by atoms with van der Waals surface area (Å²) in [7, 11) is 0. The molecule has 0 spiro atoms. The number of carboxylic acid groups (broad SMARTS) is 1. The number of H-pyrrole nitrogens is 1. The van der Waals surface area contributed by atoms with Crippen LogP contribution in [0.4, 0.5) is 21.6 Å². The topological polar surface area (TPSA) is 115 Å². The lowest BCUT2D eigenvalue weighted by Crippen LogP contribution is -2.35. The minimum Gasteiger partial charge on any atom is -0.478 e. The van der Waals surface area contributed by atoms with Crippen molar-refractivity contribution in [3.05, 3.63) is 106 Å². The van der Waals surface area contributed by atoms with Crippen LogP contribution >= 0.6 is 0 Å². The molecule has 0 fully saturated rings. The van der Waals surface area contributed by atoms with E-state index >= 15 is 4.39 Å². The SMILES string of the molecule is CC(C)CN(C(=O)c1ccccc1)c1cccc(-c2c[nH]c(=O)c(Nc3ccc(C(=O)O)cc3)n2)c1F. The largest absolute Gasteiger partial charge is 0.478 e. The number of anilines is 3. The molecule has 8 nitrogen and oxygen atoms in total. The van der Waals surface area contributed by atoms with E-state index in [4.69, 9.17) is 5.11 Å². The quantitative estimate of drug-likeness (QED) is 0.302. The van der Waals surface area contributed by atoms with Crippen molar-refractivity contribution >= 4 is 29.1 Å². The lowest BCUT2D eigenvalue weighted by atomic mass is 10.1. The molecule has 1 heterocycles. The molecule has 4 aromatic rings. The monoisotopic (exact) mass is 500 g/mol. The number of nitrogens with zero attached hydrogens (tertiary/aromatic N) is 2. The van der Waals surface area contributed by atoms with Crippen LogP contribution in [-0.4, -0.2) is 33.5 Å². The summed E-state index contributed by atoms with van der Waals surface area (Å²) in [6.45, 7) is 4.18. The number of rotatable bonds is 8. The van der Waals surface area contributed by atoms with E-state index in [0.29, 0.717) is 17.8 Å². The predicted octanol–water partition coefficient (Wildman–Crippen LogP) is 5.32. The first-order valence-electron chi connectivity index (χ1n) is 11.6. The average molecular weight is 501 g/mol. The van der Waals surface area contributed by atoms with Crippen LogP contribution < -0.4 is 15.8 Å². The highest BCUT2D eigenvalue weighted by Gasteiger charge is 2.24. The Morgan fingerprint density at radius 3 is 2.35 bits per heavy atom. The summed E-state index contributed by atoms with van der Waals surface area (Å²) in [6.07, 6.45) is 1.30. The van der Waals surface area contributed by atoms with Crippen LogP contribution in [0.15, 0.2) is 83.8 Å². The minimum atomic E-state index is -1.07. The minimum absolute atomic E-state index is 0.0743. The smallest absolute Gasteiger partial charge is 0.335 e. The number of carboxylic acids is 1. The Kier molecular flexibility index (Phi) is 7.43. The Hall–Kier alpha value is -4.79. The first kappa shape index (κ1) is 25.3. The van der Waals surface area contributed by atoms with Crippen molar-refractivity contribution < 1.29 is 19.1 Å². The fraction of sp³-hybridized carbons (Fsp3) is 0.143. The summed E-state index contributed by atoms with van der Waals surface area (Å²) in [5, 5.41) is 11.9. The second kappa shape index (κ2) is 10.9. The normalized spacial score (nSPS) is 10.8. The molecule has 9 heteroatoms. The lowest BCUT2D eigenvalue weighted by Gasteiger charge is -2.26. The Bertz CT molecular complexity index is 1480. The van der Waals surface area contributed by atoms with Gasteiger partial charge in [0.25, 0.3) is 11.5 Å². The Morgan fingerprint density at radius 2 is 1.70 bits per heavy atom. The van der Waals surface area contributed by atoms with E-state index in [9.17, 15) is 14.4 Å². The summed E-state index contributed by atoms with van der Waals surface area (Å²) >= 11 is 0. The van der Waals surface area contributed by atoms with Crippen molar-refractivity contribution in [1.82, 2.24) is 9.97 Å². The average Bonchev–Trinajstić information content (AvgIpc) is 2.89. The van der Waals surface area contributed by atoms with Gasteiger partial charge in [-0.1, -0.05) is 38.1 Å². The molecule has 3 N–H and O–H groups in total. The third kappa shape index (κ3) is 5.72. The number of aromatic carboxylic acids is 1. The molecule has 0 aliphatic carbocycles. The summed E-state index contributed by atoms with van der Waals surface area (Å²) in [5.74, 6) is -2.07. The number of halogens is 1. The van der Waals surface area contributed by atoms with E-state index in [1.165, 1.54) is 47.5 Å². The van der Waals surface area contributed by atoms with Crippen LogP contribution in [0, 0.1) is 11.7 Å². The lowest BCUT2D eigenvalue weighted by molar-refractivity contribution is 0.0696. The van der Waals surface area contributed by atoms with Gasteiger partial charge in [0.2, 0.25) is 0 Å². The molecule has 4 rings (SSSR count). The van der Waals surface area contributed by atoms with E-state index < -0.39 is 17.3 Å². The number of amides is 1. The van der Waals surface area contributed by atoms with Crippen LogP contribution in [0.5, 0.6) is 0 Å². The molecule has 1 aromatic heterocycles. The molecule has 37 heavy (non-hydrogen) atoms. The number of aromatic amines is 1. The van der Waals surface area contributed by atoms with E-state index in [2.05, 4.69) is 15.3 Å². The fourth-order valence-corrected chi connectivity index (χ4v) is 3.78. The molecule has 0 unspecified atom stereocenters. The molecular formula is C28H25FN4O4. The Balaban J connectivity index is 1.70. The van der Waals surface area contributed by atoms with Gasteiger partial charge in [-0.15, -0.1) is 0 Å². The van der Waals surface area contributed by atoms with Crippen molar-refractivity contribution in [2.24, 2.45) is 5.92 Å². The molecule has 0 saturated heterocycles. The fourth-order valence-electron chi connectivity index (χ4n) is 3.78. The number of hydrogen-bond donors (Lipinski definition) is 3. The van der Waals surface area contributed by atoms with Gasteiger partial charge in [0.05, 0.1) is 16.9 Å². The standard InChI is InChI=1S/C28H25FN4O4/c1-17(2)16-33(27(35)18-7-4-3-5-8-18)23-10-6-9-21(24(23)29)22-15-30-26(34)25(32-22)31-20-13-11-19(12-14-20)28(36)37/h3-15,17H,16H2,1-2H3,(H,30,34)(H,31,32)(H,36,37). The van der Waals surface area contributed by atoms with Gasteiger partial charge < -0.3 is 20.3 Å². The number of nitrogens with one attached hydrogen (secondary N) is 2. The summed E-state index contributed by atoms with van der Waals surface area (Å²) in [6, 6.07) is 19.1. The van der Waals surface area contributed by atoms with Gasteiger partial charge in [-0.05, 0) is 54.4 Å². The molecule has 0 aliphatic heterocycles. The molecule has 0 atom stereocenters. The van der Waals surface area contributed by atoms with Gasteiger partial charge in [0.15, 0.2) is 11.6 Å². The maximum atomic E-state index is 15.9. The molecule has 0 aliphatic rings. The molecule has 0 saturated carbocycles. The van der Waals surface area contributed by atoms with E-state index in [1.807, 2.05) is 13.8 Å².